The number of nitrogens with zero attached hydrogens (tertiary/aromatic N) is 1. The van der Waals surface area contributed by atoms with E-state index < -0.39 is 5.82 Å². The molecule has 0 atom stereocenters. The molecular formula is C10H8FNO. The highest BCUT2D eigenvalue weighted by Gasteiger charge is 1.99. The van der Waals surface area contributed by atoms with E-state index in [1.54, 1.807) is 18.2 Å². The first kappa shape index (κ1) is 9.43. The van der Waals surface area contributed by atoms with Gasteiger partial charge in [0.05, 0.1) is 12.2 Å². The van der Waals surface area contributed by atoms with Crippen LogP contribution in [0, 0.1) is 17.1 Å². The monoisotopic (exact) mass is 177 g/mol. The highest BCUT2D eigenvalue weighted by Crippen LogP contribution is 2.10. The van der Waals surface area contributed by atoms with Crippen molar-refractivity contribution in [3.63, 3.8) is 0 Å². The predicted octanol–water partition coefficient (Wildman–Crippen LogP) is 1.70. The predicted molar refractivity (Wildman–Crippen MR) is 47.2 cm³/mol. The lowest BCUT2D eigenvalue weighted by atomic mass is 10.1. The van der Waals surface area contributed by atoms with E-state index in [4.69, 9.17) is 10.4 Å². The summed E-state index contributed by atoms with van der Waals surface area (Å²) in [7, 11) is 0. The fraction of sp³-hybridized carbons (Fsp3) is 0.100. The number of hydrogen-bond acceptors (Lipinski definition) is 2. The van der Waals surface area contributed by atoms with Crippen molar-refractivity contribution < 1.29 is 9.50 Å². The van der Waals surface area contributed by atoms with E-state index >= 15 is 0 Å². The molecule has 0 aliphatic carbocycles. The van der Waals surface area contributed by atoms with Crippen molar-refractivity contribution in [2.75, 3.05) is 6.61 Å². The van der Waals surface area contributed by atoms with E-state index in [2.05, 4.69) is 0 Å². The molecule has 0 saturated carbocycles. The van der Waals surface area contributed by atoms with Crippen LogP contribution in [0.15, 0.2) is 24.3 Å². The highest BCUT2D eigenvalue weighted by molar-refractivity contribution is 5.51. The first-order valence-corrected chi connectivity index (χ1v) is 3.75. The van der Waals surface area contributed by atoms with Gasteiger partial charge in [-0.3, -0.25) is 0 Å². The molecule has 0 spiro atoms. The summed E-state index contributed by atoms with van der Waals surface area (Å²) in [5, 5.41) is 16.9. The number of aliphatic hydroxyl groups is 1. The molecule has 0 saturated heterocycles. The molecule has 0 heterocycles. The summed E-state index contributed by atoms with van der Waals surface area (Å²) in [5.74, 6) is -0.539. The fourth-order valence-corrected chi connectivity index (χ4v) is 0.914. The molecule has 0 bridgehead atoms. The van der Waals surface area contributed by atoms with Gasteiger partial charge in [-0.25, -0.2) is 4.39 Å². The van der Waals surface area contributed by atoms with Crippen molar-refractivity contribution in [2.24, 2.45) is 0 Å². The van der Waals surface area contributed by atoms with Crippen LogP contribution in [0.1, 0.15) is 11.1 Å². The molecule has 2 nitrogen and oxygen atoms in total. The van der Waals surface area contributed by atoms with E-state index in [1.165, 1.54) is 18.2 Å². The van der Waals surface area contributed by atoms with Crippen molar-refractivity contribution in [3.05, 3.63) is 41.2 Å². The Labute approximate surface area is 75.6 Å². The summed E-state index contributed by atoms with van der Waals surface area (Å²) in [6.45, 7) is -0.0817. The van der Waals surface area contributed by atoms with Crippen molar-refractivity contribution >= 4 is 6.08 Å². The SMILES string of the molecule is N#Cc1ccc(C=CCO)cc1F. The second kappa shape index (κ2) is 4.39. The van der Waals surface area contributed by atoms with Crippen LogP contribution < -0.4 is 0 Å². The van der Waals surface area contributed by atoms with Crippen molar-refractivity contribution in [1.29, 1.82) is 5.26 Å². The van der Waals surface area contributed by atoms with Gasteiger partial charge in [0.2, 0.25) is 0 Å². The van der Waals surface area contributed by atoms with Crippen molar-refractivity contribution in [3.8, 4) is 6.07 Å². The average Bonchev–Trinajstić information content (AvgIpc) is 2.15. The molecule has 3 heteroatoms. The lowest BCUT2D eigenvalue weighted by Crippen LogP contribution is -1.84. The van der Waals surface area contributed by atoms with Gasteiger partial charge in [0, 0.05) is 0 Å². The molecule has 0 fully saturated rings. The van der Waals surface area contributed by atoms with Crippen LogP contribution in [0.25, 0.3) is 6.08 Å². The normalized spacial score (nSPS) is 10.2. The molecular weight excluding hydrogens is 169 g/mol. The summed E-state index contributed by atoms with van der Waals surface area (Å²) >= 11 is 0. The van der Waals surface area contributed by atoms with Crippen LogP contribution in [0.3, 0.4) is 0 Å². The summed E-state index contributed by atoms with van der Waals surface area (Å²) < 4.78 is 13.0. The standard InChI is InChI=1S/C10H8FNO/c11-10-6-8(2-1-5-13)3-4-9(10)7-12/h1-4,6,13H,5H2. The molecule has 1 aromatic rings. The van der Waals surface area contributed by atoms with Crippen molar-refractivity contribution in [1.82, 2.24) is 0 Å². The van der Waals surface area contributed by atoms with Gasteiger partial charge < -0.3 is 5.11 Å². The fourth-order valence-electron chi connectivity index (χ4n) is 0.914. The molecule has 0 unspecified atom stereocenters. The van der Waals surface area contributed by atoms with Crippen LogP contribution in [-0.4, -0.2) is 11.7 Å². The zero-order valence-corrected chi connectivity index (χ0v) is 6.87. The maximum Gasteiger partial charge on any atom is 0.141 e. The van der Waals surface area contributed by atoms with Crippen LogP contribution in [0.5, 0.6) is 0 Å². The average molecular weight is 177 g/mol. The Morgan fingerprint density at radius 1 is 1.54 bits per heavy atom. The number of rotatable bonds is 2. The number of nitriles is 1. The van der Waals surface area contributed by atoms with Crippen molar-refractivity contribution in [2.45, 2.75) is 0 Å². The van der Waals surface area contributed by atoms with Gasteiger partial charge in [0.25, 0.3) is 0 Å². The molecule has 13 heavy (non-hydrogen) atoms. The molecule has 0 aromatic heterocycles. The topological polar surface area (TPSA) is 44.0 Å². The maximum absolute atomic E-state index is 13.0. The third-order valence-corrected chi connectivity index (χ3v) is 1.53. The highest BCUT2D eigenvalue weighted by atomic mass is 19.1. The third-order valence-electron chi connectivity index (χ3n) is 1.53. The largest absolute Gasteiger partial charge is 0.392 e. The van der Waals surface area contributed by atoms with Gasteiger partial charge in [0.1, 0.15) is 11.9 Å². The third kappa shape index (κ3) is 2.39. The Morgan fingerprint density at radius 3 is 2.85 bits per heavy atom. The molecule has 0 aliphatic heterocycles. The molecule has 0 aliphatic rings. The second-order valence-electron chi connectivity index (χ2n) is 2.44. The Balaban J connectivity index is 2.97. The Morgan fingerprint density at radius 2 is 2.31 bits per heavy atom. The van der Waals surface area contributed by atoms with E-state index in [1.807, 2.05) is 0 Å². The molecule has 0 amide bonds. The Kier molecular flexibility index (Phi) is 3.18. The van der Waals surface area contributed by atoms with Gasteiger partial charge in [-0.15, -0.1) is 0 Å². The number of aliphatic hydroxyl groups excluding tert-OH is 1. The summed E-state index contributed by atoms with van der Waals surface area (Å²) in [6, 6.07) is 6.01. The summed E-state index contributed by atoms with van der Waals surface area (Å²) in [6.07, 6.45) is 3.09. The maximum atomic E-state index is 13.0. The Bertz CT molecular complexity index is 366. The zero-order chi connectivity index (χ0) is 9.68. The van der Waals surface area contributed by atoms with Gasteiger partial charge in [-0.05, 0) is 17.7 Å². The van der Waals surface area contributed by atoms with Crippen LogP contribution in [0.4, 0.5) is 4.39 Å². The first-order valence-electron chi connectivity index (χ1n) is 3.75. The first-order chi connectivity index (χ1) is 6.27. The van der Waals surface area contributed by atoms with E-state index in [-0.39, 0.29) is 12.2 Å². The second-order valence-corrected chi connectivity index (χ2v) is 2.44. The lowest BCUT2D eigenvalue weighted by molar-refractivity contribution is 0.343. The van der Waals surface area contributed by atoms with Crippen LogP contribution in [0.2, 0.25) is 0 Å². The summed E-state index contributed by atoms with van der Waals surface area (Å²) in [4.78, 5) is 0. The number of benzene rings is 1. The van der Waals surface area contributed by atoms with Gasteiger partial charge in [-0.2, -0.15) is 5.26 Å². The smallest absolute Gasteiger partial charge is 0.141 e. The molecule has 1 N–H and O–H groups in total. The van der Waals surface area contributed by atoms with Gasteiger partial charge in [-0.1, -0.05) is 18.2 Å². The molecule has 0 radical (unpaired) electrons. The number of hydrogen-bond donors (Lipinski definition) is 1. The number of halogens is 1. The minimum atomic E-state index is -0.539. The zero-order valence-electron chi connectivity index (χ0n) is 6.87. The van der Waals surface area contributed by atoms with Gasteiger partial charge >= 0.3 is 0 Å². The van der Waals surface area contributed by atoms with Crippen LogP contribution in [-0.2, 0) is 0 Å². The minimum Gasteiger partial charge on any atom is -0.392 e. The van der Waals surface area contributed by atoms with E-state index in [0.29, 0.717) is 5.56 Å². The molecule has 1 aromatic carbocycles. The quantitative estimate of drug-likeness (QED) is 0.747. The van der Waals surface area contributed by atoms with Gasteiger partial charge in [0.15, 0.2) is 0 Å². The van der Waals surface area contributed by atoms with Crippen LogP contribution >= 0.6 is 0 Å². The molecule has 66 valence electrons. The van der Waals surface area contributed by atoms with E-state index in [9.17, 15) is 4.39 Å². The lowest BCUT2D eigenvalue weighted by Gasteiger charge is -1.95. The summed E-state index contributed by atoms with van der Waals surface area (Å²) in [5.41, 5.74) is 0.659. The Hall–Kier alpha value is -1.66. The minimum absolute atomic E-state index is 0.0288. The van der Waals surface area contributed by atoms with E-state index in [0.717, 1.165) is 0 Å². The molecule has 1 rings (SSSR count).